The Balaban J connectivity index is 0.00000162. The number of nitrogens with one attached hydrogen (secondary N) is 1. The molecule has 2 aliphatic heterocycles. The summed E-state index contributed by atoms with van der Waals surface area (Å²) in [6.45, 7) is 3.95. The maximum absolute atomic E-state index is 12.7. The number of piperidine rings is 2. The highest BCUT2D eigenvalue weighted by Crippen LogP contribution is 2.33. The first kappa shape index (κ1) is 16.1. The van der Waals surface area contributed by atoms with Crippen LogP contribution in [0.2, 0.25) is 0 Å². The third kappa shape index (κ3) is 4.59. The lowest BCUT2D eigenvalue weighted by molar-refractivity contribution is -0.187. The molecule has 1 N–H and O–H groups in total. The second-order valence-corrected chi connectivity index (χ2v) is 5.33. The van der Waals surface area contributed by atoms with Crippen molar-refractivity contribution in [2.75, 3.05) is 32.7 Å². The summed E-state index contributed by atoms with van der Waals surface area (Å²) in [6.07, 6.45) is -0.797. The largest absolute Gasteiger partial charge is 0.393 e. The molecule has 6 heteroatoms. The molecule has 0 bridgehead atoms. The molecule has 2 heterocycles. The minimum absolute atomic E-state index is 0. The van der Waals surface area contributed by atoms with Gasteiger partial charge in [0.25, 0.3) is 0 Å². The molecule has 0 aromatic carbocycles. The molecular formula is C12H22ClF3N2. The number of hydrogen-bond donors (Lipinski definition) is 1. The highest BCUT2D eigenvalue weighted by atomic mass is 35.5. The van der Waals surface area contributed by atoms with Gasteiger partial charge in [0.05, 0.1) is 5.92 Å². The van der Waals surface area contributed by atoms with Crippen LogP contribution in [0.15, 0.2) is 0 Å². The molecule has 0 aromatic heterocycles. The molecular weight excluding hydrogens is 265 g/mol. The number of nitrogens with zero attached hydrogens (tertiary/aromatic N) is 1. The number of rotatable bonds is 2. The molecule has 2 nitrogen and oxygen atoms in total. The SMILES string of the molecule is Cl.FC(F)(F)C1CCCN(CC2CCNCC2)C1. The van der Waals surface area contributed by atoms with E-state index in [2.05, 4.69) is 5.32 Å². The summed E-state index contributed by atoms with van der Waals surface area (Å²) in [5.74, 6) is -0.513. The van der Waals surface area contributed by atoms with Gasteiger partial charge in [0, 0.05) is 13.1 Å². The third-order valence-corrected chi connectivity index (χ3v) is 3.94. The van der Waals surface area contributed by atoms with Crippen molar-refractivity contribution in [2.24, 2.45) is 11.8 Å². The van der Waals surface area contributed by atoms with Gasteiger partial charge < -0.3 is 10.2 Å². The lowest BCUT2D eigenvalue weighted by Gasteiger charge is -2.36. The normalized spacial score (nSPS) is 27.8. The van der Waals surface area contributed by atoms with Crippen LogP contribution in [-0.2, 0) is 0 Å². The monoisotopic (exact) mass is 286 g/mol. The van der Waals surface area contributed by atoms with Gasteiger partial charge in [-0.3, -0.25) is 0 Å². The summed E-state index contributed by atoms with van der Waals surface area (Å²) in [5, 5.41) is 3.29. The molecule has 2 aliphatic rings. The lowest BCUT2D eigenvalue weighted by Crippen LogP contribution is -2.44. The highest BCUT2D eigenvalue weighted by molar-refractivity contribution is 5.85. The third-order valence-electron chi connectivity index (χ3n) is 3.94. The minimum Gasteiger partial charge on any atom is -0.317 e. The van der Waals surface area contributed by atoms with Crippen LogP contribution in [0.3, 0.4) is 0 Å². The zero-order valence-electron chi connectivity index (χ0n) is 10.5. The van der Waals surface area contributed by atoms with Gasteiger partial charge in [-0.1, -0.05) is 0 Å². The fourth-order valence-electron chi connectivity index (χ4n) is 2.92. The summed E-state index contributed by atoms with van der Waals surface area (Å²) >= 11 is 0. The molecule has 1 unspecified atom stereocenters. The van der Waals surface area contributed by atoms with Crippen LogP contribution < -0.4 is 5.32 Å². The van der Waals surface area contributed by atoms with Crippen molar-refractivity contribution in [2.45, 2.75) is 31.9 Å². The topological polar surface area (TPSA) is 15.3 Å². The molecule has 0 spiro atoms. The molecule has 18 heavy (non-hydrogen) atoms. The first-order valence-corrected chi connectivity index (χ1v) is 6.55. The smallest absolute Gasteiger partial charge is 0.317 e. The van der Waals surface area contributed by atoms with Crippen LogP contribution in [0.5, 0.6) is 0 Å². The van der Waals surface area contributed by atoms with Gasteiger partial charge in [-0.15, -0.1) is 12.4 Å². The van der Waals surface area contributed by atoms with Gasteiger partial charge in [-0.25, -0.2) is 0 Å². The molecule has 108 valence electrons. The van der Waals surface area contributed by atoms with E-state index in [1.165, 1.54) is 0 Å². The maximum atomic E-state index is 12.7. The zero-order valence-corrected chi connectivity index (χ0v) is 11.3. The van der Waals surface area contributed by atoms with Gasteiger partial charge in [-0.05, 0) is 51.2 Å². The predicted molar refractivity (Wildman–Crippen MR) is 68.1 cm³/mol. The van der Waals surface area contributed by atoms with E-state index in [1.807, 2.05) is 4.90 Å². The van der Waals surface area contributed by atoms with E-state index in [9.17, 15) is 13.2 Å². The van der Waals surface area contributed by atoms with Crippen molar-refractivity contribution in [3.63, 3.8) is 0 Å². The van der Waals surface area contributed by atoms with E-state index < -0.39 is 12.1 Å². The number of halogens is 4. The van der Waals surface area contributed by atoms with Crippen LogP contribution >= 0.6 is 12.4 Å². The standard InChI is InChI=1S/C12H21F3N2.ClH/c13-12(14,15)11-2-1-7-17(9-11)8-10-3-5-16-6-4-10;/h10-11,16H,1-9H2;1H. The Kier molecular flexibility index (Phi) is 6.21. The number of hydrogen-bond acceptors (Lipinski definition) is 2. The lowest BCUT2D eigenvalue weighted by atomic mass is 9.93. The predicted octanol–water partition coefficient (Wildman–Crippen LogP) is 2.68. The molecule has 0 amide bonds. The fraction of sp³-hybridized carbons (Fsp3) is 1.00. The number of likely N-dealkylation sites (tertiary alicyclic amines) is 1. The second-order valence-electron chi connectivity index (χ2n) is 5.33. The van der Waals surface area contributed by atoms with E-state index >= 15 is 0 Å². The summed E-state index contributed by atoms with van der Waals surface area (Å²) in [6, 6.07) is 0. The Morgan fingerprint density at radius 2 is 1.78 bits per heavy atom. The van der Waals surface area contributed by atoms with Gasteiger partial charge in [0.2, 0.25) is 0 Å². The average Bonchev–Trinajstić information content (AvgIpc) is 2.29. The Morgan fingerprint density at radius 1 is 1.11 bits per heavy atom. The van der Waals surface area contributed by atoms with E-state index in [0.29, 0.717) is 18.8 Å². The minimum atomic E-state index is -4.01. The molecule has 2 rings (SSSR count). The molecule has 1 atom stereocenters. The van der Waals surface area contributed by atoms with Gasteiger partial charge in [-0.2, -0.15) is 13.2 Å². The second kappa shape index (κ2) is 6.96. The van der Waals surface area contributed by atoms with E-state index in [0.717, 1.165) is 39.0 Å². The van der Waals surface area contributed by atoms with Crippen molar-refractivity contribution >= 4 is 12.4 Å². The average molecular weight is 287 g/mol. The van der Waals surface area contributed by atoms with Crippen LogP contribution in [0.25, 0.3) is 0 Å². The first-order valence-electron chi connectivity index (χ1n) is 6.55. The van der Waals surface area contributed by atoms with Crippen molar-refractivity contribution in [1.82, 2.24) is 10.2 Å². The molecule has 2 saturated heterocycles. The van der Waals surface area contributed by atoms with Crippen molar-refractivity contribution in [3.8, 4) is 0 Å². The summed E-state index contributed by atoms with van der Waals surface area (Å²) < 4.78 is 38.0. The highest BCUT2D eigenvalue weighted by Gasteiger charge is 2.41. The van der Waals surface area contributed by atoms with Crippen LogP contribution in [0.1, 0.15) is 25.7 Å². The molecule has 2 fully saturated rings. The van der Waals surface area contributed by atoms with Gasteiger partial charge >= 0.3 is 6.18 Å². The van der Waals surface area contributed by atoms with Crippen LogP contribution in [0.4, 0.5) is 13.2 Å². The van der Waals surface area contributed by atoms with E-state index in [4.69, 9.17) is 0 Å². The van der Waals surface area contributed by atoms with Crippen LogP contribution in [0, 0.1) is 11.8 Å². The zero-order chi connectivity index (χ0) is 12.3. The molecule has 0 aliphatic carbocycles. The van der Waals surface area contributed by atoms with Gasteiger partial charge in [0.15, 0.2) is 0 Å². The Morgan fingerprint density at radius 3 is 2.39 bits per heavy atom. The first-order chi connectivity index (χ1) is 8.05. The summed E-state index contributed by atoms with van der Waals surface area (Å²) in [4.78, 5) is 2.03. The Labute approximate surface area is 113 Å². The van der Waals surface area contributed by atoms with Crippen LogP contribution in [-0.4, -0.2) is 43.8 Å². The van der Waals surface area contributed by atoms with E-state index in [-0.39, 0.29) is 19.0 Å². The summed E-state index contributed by atoms with van der Waals surface area (Å²) in [5.41, 5.74) is 0. The molecule has 0 aromatic rings. The fourth-order valence-corrected chi connectivity index (χ4v) is 2.92. The quantitative estimate of drug-likeness (QED) is 0.840. The van der Waals surface area contributed by atoms with Crippen molar-refractivity contribution in [1.29, 1.82) is 0 Å². The van der Waals surface area contributed by atoms with E-state index in [1.54, 1.807) is 0 Å². The molecule has 0 radical (unpaired) electrons. The Bertz CT molecular complexity index is 242. The number of alkyl halides is 3. The van der Waals surface area contributed by atoms with Gasteiger partial charge in [0.1, 0.15) is 0 Å². The van der Waals surface area contributed by atoms with Crippen molar-refractivity contribution in [3.05, 3.63) is 0 Å². The van der Waals surface area contributed by atoms with Crippen molar-refractivity contribution < 1.29 is 13.2 Å². The maximum Gasteiger partial charge on any atom is 0.393 e. The Hall–Kier alpha value is -0.0000000000000000416. The summed E-state index contributed by atoms with van der Waals surface area (Å²) in [7, 11) is 0. The molecule has 0 saturated carbocycles.